The fourth-order valence-corrected chi connectivity index (χ4v) is 1.55. The Hall–Kier alpha value is -0.990. The van der Waals surface area contributed by atoms with E-state index in [1.807, 2.05) is 18.2 Å². The summed E-state index contributed by atoms with van der Waals surface area (Å²) in [6, 6.07) is 5.91. The van der Waals surface area contributed by atoms with Crippen molar-refractivity contribution in [2.45, 2.75) is 4.90 Å². The minimum absolute atomic E-state index is 1.03. The Morgan fingerprint density at radius 1 is 1.25 bits per heavy atom. The fraction of sp³-hybridized carbons (Fsp3) is 0. The predicted molar refractivity (Wildman–Crippen MR) is 56.7 cm³/mol. The second kappa shape index (κ2) is 4.14. The van der Waals surface area contributed by atoms with Gasteiger partial charge in [0.15, 0.2) is 0 Å². The van der Waals surface area contributed by atoms with E-state index < -0.39 is 0 Å². The Labute approximate surface area is 77.1 Å². The van der Waals surface area contributed by atoms with Crippen molar-refractivity contribution in [2.24, 2.45) is 5.14 Å². The fourth-order valence-electron chi connectivity index (χ4n) is 1.06. The Morgan fingerprint density at radius 2 is 2.00 bits per heavy atom. The molecule has 0 saturated carbocycles. The van der Waals surface area contributed by atoms with Crippen molar-refractivity contribution in [3.63, 3.8) is 0 Å². The van der Waals surface area contributed by atoms with Crippen molar-refractivity contribution in [1.82, 2.24) is 0 Å². The highest BCUT2D eigenvalue weighted by Crippen LogP contribution is 2.23. The Bertz CT molecular complexity index is 305. The summed E-state index contributed by atoms with van der Waals surface area (Å²) < 4.78 is 0. The molecule has 0 aliphatic carbocycles. The van der Waals surface area contributed by atoms with Crippen molar-refractivity contribution >= 4 is 24.1 Å². The van der Waals surface area contributed by atoms with Gasteiger partial charge in [0.05, 0.1) is 0 Å². The van der Waals surface area contributed by atoms with E-state index >= 15 is 0 Å². The summed E-state index contributed by atoms with van der Waals surface area (Å²) in [5, 5.41) is 5.48. The summed E-state index contributed by atoms with van der Waals surface area (Å²) in [6.07, 6.45) is 3.60. The molecular weight excluding hydrogens is 166 g/mol. The van der Waals surface area contributed by atoms with Gasteiger partial charge in [-0.2, -0.15) is 0 Å². The molecule has 12 heavy (non-hydrogen) atoms. The average Bonchev–Trinajstić information content (AvgIpc) is 2.16. The molecule has 0 aliphatic heterocycles. The number of nitrogens with two attached hydrogens (primary N) is 1. The molecule has 0 heterocycles. The maximum Gasteiger partial charge on any atom is 0.0304 e. The van der Waals surface area contributed by atoms with Crippen LogP contribution in [0, 0.1) is 0 Å². The minimum Gasteiger partial charge on any atom is -0.274 e. The maximum absolute atomic E-state index is 5.48. The van der Waals surface area contributed by atoms with Gasteiger partial charge in [0, 0.05) is 4.90 Å². The van der Waals surface area contributed by atoms with Crippen LogP contribution in [0.15, 0.2) is 36.3 Å². The first kappa shape index (κ1) is 9.10. The molecule has 0 aromatic heterocycles. The van der Waals surface area contributed by atoms with Gasteiger partial charge in [-0.1, -0.05) is 37.4 Å². The van der Waals surface area contributed by atoms with Crippen molar-refractivity contribution < 1.29 is 0 Å². The van der Waals surface area contributed by atoms with Crippen molar-refractivity contribution in [3.05, 3.63) is 42.5 Å². The first-order valence-corrected chi connectivity index (χ1v) is 4.46. The Kier molecular flexibility index (Phi) is 3.14. The van der Waals surface area contributed by atoms with Crippen LogP contribution in [0.1, 0.15) is 11.1 Å². The predicted octanol–water partition coefficient (Wildman–Crippen LogP) is 2.94. The molecule has 0 unspecified atom stereocenters. The normalized spacial score (nSPS) is 9.42. The van der Waals surface area contributed by atoms with Gasteiger partial charge in [-0.05, 0) is 29.1 Å². The third kappa shape index (κ3) is 1.60. The van der Waals surface area contributed by atoms with Crippen LogP contribution in [0.2, 0.25) is 0 Å². The molecule has 1 aromatic carbocycles. The lowest BCUT2D eigenvalue weighted by Crippen LogP contribution is -1.87. The quantitative estimate of drug-likeness (QED) is 0.718. The van der Waals surface area contributed by atoms with Crippen LogP contribution in [-0.2, 0) is 0 Å². The van der Waals surface area contributed by atoms with E-state index in [-0.39, 0.29) is 0 Å². The number of hydrogen-bond acceptors (Lipinski definition) is 2. The van der Waals surface area contributed by atoms with Crippen molar-refractivity contribution in [1.29, 1.82) is 0 Å². The van der Waals surface area contributed by atoms with E-state index in [9.17, 15) is 0 Å². The Morgan fingerprint density at radius 3 is 2.50 bits per heavy atom. The number of hydrogen-bond donors (Lipinski definition) is 1. The molecule has 0 radical (unpaired) electrons. The third-order valence-corrected chi connectivity index (χ3v) is 2.26. The van der Waals surface area contributed by atoms with Crippen LogP contribution in [0.4, 0.5) is 0 Å². The first-order chi connectivity index (χ1) is 5.83. The van der Waals surface area contributed by atoms with Crippen molar-refractivity contribution in [3.8, 4) is 0 Å². The van der Waals surface area contributed by atoms with Gasteiger partial charge in [0.1, 0.15) is 0 Å². The van der Waals surface area contributed by atoms with Gasteiger partial charge < -0.3 is 0 Å². The topological polar surface area (TPSA) is 26.0 Å². The molecule has 0 spiro atoms. The molecule has 0 atom stereocenters. The van der Waals surface area contributed by atoms with Gasteiger partial charge in [-0.3, -0.25) is 5.14 Å². The molecule has 0 bridgehead atoms. The SMILES string of the molecule is C=Cc1cccc(SN)c1C=C. The lowest BCUT2D eigenvalue weighted by atomic mass is 10.1. The third-order valence-electron chi connectivity index (χ3n) is 1.65. The molecule has 0 aliphatic rings. The monoisotopic (exact) mass is 177 g/mol. The van der Waals surface area contributed by atoms with E-state index in [0.29, 0.717) is 0 Å². The highest BCUT2D eigenvalue weighted by molar-refractivity contribution is 7.97. The van der Waals surface area contributed by atoms with E-state index in [4.69, 9.17) is 5.14 Å². The highest BCUT2D eigenvalue weighted by Gasteiger charge is 2.00. The zero-order valence-corrected chi connectivity index (χ0v) is 7.60. The standard InChI is InChI=1S/C10H11NS/c1-3-8-6-5-7-10(12-11)9(8)4-2/h3-7H,1-2,11H2. The molecule has 1 nitrogen and oxygen atoms in total. The summed E-state index contributed by atoms with van der Waals surface area (Å²) in [4.78, 5) is 1.03. The van der Waals surface area contributed by atoms with E-state index in [0.717, 1.165) is 16.0 Å². The molecule has 62 valence electrons. The van der Waals surface area contributed by atoms with Crippen LogP contribution in [0.3, 0.4) is 0 Å². The van der Waals surface area contributed by atoms with Gasteiger partial charge in [0.25, 0.3) is 0 Å². The lowest BCUT2D eigenvalue weighted by molar-refractivity contribution is 1.40. The van der Waals surface area contributed by atoms with E-state index in [2.05, 4.69) is 13.2 Å². The number of benzene rings is 1. The molecule has 0 fully saturated rings. The maximum atomic E-state index is 5.48. The summed E-state index contributed by atoms with van der Waals surface area (Å²) >= 11 is 1.23. The van der Waals surface area contributed by atoms with Gasteiger partial charge in [-0.25, -0.2) is 0 Å². The van der Waals surface area contributed by atoms with Crippen LogP contribution in [0.5, 0.6) is 0 Å². The second-order valence-electron chi connectivity index (χ2n) is 2.29. The van der Waals surface area contributed by atoms with Crippen LogP contribution >= 0.6 is 11.9 Å². The molecule has 2 heteroatoms. The molecule has 0 saturated heterocycles. The van der Waals surface area contributed by atoms with Crippen LogP contribution in [0.25, 0.3) is 12.2 Å². The second-order valence-corrected chi connectivity index (χ2v) is 2.96. The summed E-state index contributed by atoms with van der Waals surface area (Å²) in [5.41, 5.74) is 2.13. The Balaban J connectivity index is 3.31. The van der Waals surface area contributed by atoms with Crippen LogP contribution < -0.4 is 5.14 Å². The van der Waals surface area contributed by atoms with Gasteiger partial charge in [-0.15, -0.1) is 0 Å². The van der Waals surface area contributed by atoms with Crippen molar-refractivity contribution in [2.75, 3.05) is 0 Å². The smallest absolute Gasteiger partial charge is 0.0304 e. The molecule has 1 aromatic rings. The van der Waals surface area contributed by atoms with Gasteiger partial charge >= 0.3 is 0 Å². The molecular formula is C10H11NS. The number of rotatable bonds is 3. The van der Waals surface area contributed by atoms with Crippen LogP contribution in [-0.4, -0.2) is 0 Å². The lowest BCUT2D eigenvalue weighted by Gasteiger charge is -2.05. The minimum atomic E-state index is 1.03. The van der Waals surface area contributed by atoms with E-state index in [1.165, 1.54) is 11.9 Å². The van der Waals surface area contributed by atoms with E-state index in [1.54, 1.807) is 12.2 Å². The summed E-state index contributed by atoms with van der Waals surface area (Å²) in [6.45, 7) is 7.45. The molecule has 2 N–H and O–H groups in total. The molecule has 1 rings (SSSR count). The molecule has 0 amide bonds. The first-order valence-electron chi connectivity index (χ1n) is 3.58. The largest absolute Gasteiger partial charge is 0.274 e. The highest BCUT2D eigenvalue weighted by atomic mass is 32.2. The van der Waals surface area contributed by atoms with Gasteiger partial charge in [0.2, 0.25) is 0 Å². The zero-order valence-electron chi connectivity index (χ0n) is 6.79. The summed E-state index contributed by atoms with van der Waals surface area (Å²) in [7, 11) is 0. The average molecular weight is 177 g/mol. The summed E-state index contributed by atoms with van der Waals surface area (Å²) in [5.74, 6) is 0. The zero-order chi connectivity index (χ0) is 8.97.